The first kappa shape index (κ1) is 18.2. The third-order valence-electron chi connectivity index (χ3n) is 4.18. The number of aromatic amines is 1. The van der Waals surface area contributed by atoms with Crippen molar-refractivity contribution in [1.82, 2.24) is 20.2 Å². The second-order valence-electron chi connectivity index (χ2n) is 6.30. The van der Waals surface area contributed by atoms with Gasteiger partial charge in [0.05, 0.1) is 34.0 Å². The van der Waals surface area contributed by atoms with Crippen LogP contribution in [0.15, 0.2) is 34.9 Å². The van der Waals surface area contributed by atoms with Crippen LogP contribution in [-0.4, -0.2) is 32.2 Å². The Morgan fingerprint density at radius 2 is 2.11 bits per heavy atom. The molecule has 1 aliphatic carbocycles. The minimum atomic E-state index is -0.487. The van der Waals surface area contributed by atoms with Crippen LogP contribution in [0, 0.1) is 10.1 Å². The van der Waals surface area contributed by atoms with Crippen molar-refractivity contribution in [1.29, 1.82) is 0 Å². The smallest absolute Gasteiger partial charge is 0.275 e. The van der Waals surface area contributed by atoms with Crippen LogP contribution < -0.4 is 15.4 Å². The van der Waals surface area contributed by atoms with E-state index in [-0.39, 0.29) is 11.6 Å². The summed E-state index contributed by atoms with van der Waals surface area (Å²) in [5.74, 6) is 2.43. The van der Waals surface area contributed by atoms with E-state index < -0.39 is 4.92 Å². The number of nitrogens with one attached hydrogen (secondary N) is 3. The Hall–Kier alpha value is -3.21. The Bertz CT molecular complexity index is 1040. The number of rotatable bonds is 7. The van der Waals surface area contributed by atoms with E-state index in [1.807, 2.05) is 6.07 Å². The molecule has 0 unspecified atom stereocenters. The van der Waals surface area contributed by atoms with Gasteiger partial charge in [-0.25, -0.2) is 4.98 Å². The second kappa shape index (κ2) is 7.43. The first-order chi connectivity index (χ1) is 13.5. The fraction of sp³-hybridized carbons (Fsp3) is 0.235. The Morgan fingerprint density at radius 3 is 2.82 bits per heavy atom. The Labute approximate surface area is 168 Å². The first-order valence-corrected chi connectivity index (χ1v) is 9.26. The van der Waals surface area contributed by atoms with Crippen LogP contribution in [0.25, 0.3) is 0 Å². The van der Waals surface area contributed by atoms with Crippen molar-refractivity contribution in [2.75, 3.05) is 17.7 Å². The summed E-state index contributed by atoms with van der Waals surface area (Å²) in [5, 5.41) is 24.5. The van der Waals surface area contributed by atoms with Gasteiger partial charge in [-0.1, -0.05) is 0 Å². The summed E-state index contributed by atoms with van der Waals surface area (Å²) in [6.07, 6.45) is 3.93. The second-order valence-corrected chi connectivity index (χ2v) is 7.15. The highest BCUT2D eigenvalue weighted by molar-refractivity contribution is 9.10. The van der Waals surface area contributed by atoms with Gasteiger partial charge in [-0.2, -0.15) is 10.1 Å². The van der Waals surface area contributed by atoms with Crippen molar-refractivity contribution in [3.05, 3.63) is 50.7 Å². The third kappa shape index (κ3) is 4.03. The third-order valence-corrected chi connectivity index (χ3v) is 4.76. The van der Waals surface area contributed by atoms with E-state index in [9.17, 15) is 10.1 Å². The number of nitro benzene ring substituents is 1. The minimum Gasteiger partial charge on any atom is -0.496 e. The van der Waals surface area contributed by atoms with Crippen LogP contribution in [0.1, 0.15) is 24.5 Å². The van der Waals surface area contributed by atoms with E-state index in [0.717, 1.165) is 11.5 Å². The van der Waals surface area contributed by atoms with Gasteiger partial charge in [-0.05, 0) is 28.8 Å². The molecule has 0 radical (unpaired) electrons. The van der Waals surface area contributed by atoms with Gasteiger partial charge in [0.25, 0.3) is 5.69 Å². The SMILES string of the molecule is COc1cc(Nc2ncc(Br)c(Nc3cc(C4CC4)n[nH]3)n2)cc([N+](=O)[O-])c1. The zero-order chi connectivity index (χ0) is 19.7. The van der Waals surface area contributed by atoms with Crippen molar-refractivity contribution in [2.45, 2.75) is 18.8 Å². The number of benzene rings is 1. The van der Waals surface area contributed by atoms with Crippen LogP contribution in [0.3, 0.4) is 0 Å². The van der Waals surface area contributed by atoms with Crippen molar-refractivity contribution < 1.29 is 9.66 Å². The maximum atomic E-state index is 11.1. The average molecular weight is 446 g/mol. The maximum Gasteiger partial charge on any atom is 0.275 e. The quantitative estimate of drug-likeness (QED) is 0.363. The topological polar surface area (TPSA) is 131 Å². The number of halogens is 1. The molecule has 3 aromatic rings. The maximum absolute atomic E-state index is 11.1. The van der Waals surface area contributed by atoms with E-state index in [1.165, 1.54) is 32.1 Å². The normalized spacial score (nSPS) is 13.2. The van der Waals surface area contributed by atoms with Crippen LogP contribution >= 0.6 is 15.9 Å². The lowest BCUT2D eigenvalue weighted by Crippen LogP contribution is -2.02. The van der Waals surface area contributed by atoms with Gasteiger partial charge < -0.3 is 15.4 Å². The van der Waals surface area contributed by atoms with Gasteiger partial charge in [0.15, 0.2) is 5.82 Å². The van der Waals surface area contributed by atoms with Gasteiger partial charge in [0.2, 0.25) is 5.95 Å². The fourth-order valence-electron chi connectivity index (χ4n) is 2.64. The molecule has 144 valence electrons. The number of H-pyrrole nitrogens is 1. The summed E-state index contributed by atoms with van der Waals surface area (Å²) in [6, 6.07) is 6.32. The number of ether oxygens (including phenoxy) is 1. The lowest BCUT2D eigenvalue weighted by Gasteiger charge is -2.10. The molecule has 11 heteroatoms. The highest BCUT2D eigenvalue weighted by Crippen LogP contribution is 2.39. The predicted octanol–water partition coefficient (Wildman–Crippen LogP) is 4.24. The van der Waals surface area contributed by atoms with Crippen LogP contribution in [0.5, 0.6) is 5.75 Å². The highest BCUT2D eigenvalue weighted by atomic mass is 79.9. The van der Waals surface area contributed by atoms with Gasteiger partial charge in [0, 0.05) is 30.3 Å². The molecule has 0 atom stereocenters. The van der Waals surface area contributed by atoms with Crippen molar-refractivity contribution in [2.24, 2.45) is 0 Å². The number of nitrogens with zero attached hydrogens (tertiary/aromatic N) is 4. The Balaban J connectivity index is 1.56. The van der Waals surface area contributed by atoms with Crippen LogP contribution in [0.4, 0.5) is 29.0 Å². The number of nitro groups is 1. The van der Waals surface area contributed by atoms with Gasteiger partial charge in [0.1, 0.15) is 11.6 Å². The summed E-state index contributed by atoms with van der Waals surface area (Å²) in [6.45, 7) is 0. The van der Waals surface area contributed by atoms with Crippen LogP contribution in [0.2, 0.25) is 0 Å². The Kier molecular flexibility index (Phi) is 4.82. The lowest BCUT2D eigenvalue weighted by atomic mass is 10.2. The first-order valence-electron chi connectivity index (χ1n) is 8.47. The van der Waals surface area contributed by atoms with Crippen LogP contribution in [-0.2, 0) is 0 Å². The van der Waals surface area contributed by atoms with Gasteiger partial charge in [-0.15, -0.1) is 0 Å². The summed E-state index contributed by atoms with van der Waals surface area (Å²) < 4.78 is 5.78. The monoisotopic (exact) mass is 445 g/mol. The number of methoxy groups -OCH3 is 1. The zero-order valence-electron chi connectivity index (χ0n) is 14.8. The van der Waals surface area contributed by atoms with E-state index in [2.05, 4.69) is 46.7 Å². The molecule has 2 aromatic heterocycles. The van der Waals surface area contributed by atoms with Crippen molar-refractivity contribution >= 4 is 44.9 Å². The molecule has 3 N–H and O–H groups in total. The summed E-state index contributed by atoms with van der Waals surface area (Å²) in [7, 11) is 1.45. The molecule has 1 aliphatic rings. The zero-order valence-corrected chi connectivity index (χ0v) is 16.4. The average Bonchev–Trinajstić information content (AvgIpc) is 3.43. The fourth-order valence-corrected chi connectivity index (χ4v) is 2.93. The Morgan fingerprint density at radius 1 is 1.29 bits per heavy atom. The molecule has 0 saturated heterocycles. The van der Waals surface area contributed by atoms with Gasteiger partial charge in [-0.3, -0.25) is 15.2 Å². The molecular weight excluding hydrogens is 430 g/mol. The predicted molar refractivity (Wildman–Crippen MR) is 107 cm³/mol. The van der Waals surface area contributed by atoms with Crippen molar-refractivity contribution in [3.63, 3.8) is 0 Å². The standard InChI is InChI=1S/C17H16BrN7O3/c1-28-12-5-10(4-11(6-12)25(26)27)20-17-19-8-13(18)16(22-17)21-15-7-14(23-24-15)9-2-3-9/h4-9H,2-3H2,1H3,(H3,19,20,21,22,23,24). The van der Waals surface area contributed by atoms with E-state index in [0.29, 0.717) is 27.6 Å². The molecule has 1 fully saturated rings. The lowest BCUT2D eigenvalue weighted by molar-refractivity contribution is -0.384. The largest absolute Gasteiger partial charge is 0.496 e. The number of non-ortho nitro benzene ring substituents is 1. The minimum absolute atomic E-state index is 0.0950. The van der Waals surface area contributed by atoms with E-state index in [1.54, 1.807) is 12.3 Å². The van der Waals surface area contributed by atoms with Crippen molar-refractivity contribution in [3.8, 4) is 5.75 Å². The molecule has 1 aromatic carbocycles. The molecule has 10 nitrogen and oxygen atoms in total. The van der Waals surface area contributed by atoms with E-state index in [4.69, 9.17) is 4.74 Å². The molecular formula is C17H16BrN7O3. The number of hydrogen-bond donors (Lipinski definition) is 3. The molecule has 2 heterocycles. The van der Waals surface area contributed by atoms with Gasteiger partial charge >= 0.3 is 0 Å². The molecule has 4 rings (SSSR count). The molecule has 0 amide bonds. The number of hydrogen-bond acceptors (Lipinski definition) is 8. The molecule has 0 aliphatic heterocycles. The summed E-state index contributed by atoms with van der Waals surface area (Å²) in [5.41, 5.74) is 1.38. The molecule has 1 saturated carbocycles. The highest BCUT2D eigenvalue weighted by Gasteiger charge is 2.26. The molecule has 0 bridgehead atoms. The molecule has 28 heavy (non-hydrogen) atoms. The number of aromatic nitrogens is 4. The molecule has 0 spiro atoms. The summed E-state index contributed by atoms with van der Waals surface area (Å²) >= 11 is 3.42. The summed E-state index contributed by atoms with van der Waals surface area (Å²) in [4.78, 5) is 19.2. The van der Waals surface area contributed by atoms with E-state index >= 15 is 0 Å². The number of anilines is 4.